The predicted octanol–water partition coefficient (Wildman–Crippen LogP) is 5.61. The Balaban J connectivity index is 1.72. The van der Waals surface area contributed by atoms with Gasteiger partial charge in [-0.3, -0.25) is 9.59 Å². The molecule has 0 fully saturated rings. The molecule has 2 aromatic carbocycles. The van der Waals surface area contributed by atoms with Crippen molar-refractivity contribution in [1.82, 2.24) is 5.32 Å². The molecule has 32 heavy (non-hydrogen) atoms. The minimum Gasteiger partial charge on any atom is -0.494 e. The summed E-state index contributed by atoms with van der Waals surface area (Å²) in [5.74, 6) is 0.544. The summed E-state index contributed by atoms with van der Waals surface area (Å²) >= 11 is 0. The summed E-state index contributed by atoms with van der Waals surface area (Å²) < 4.78 is 5.75. The molecule has 3 N–H and O–H groups in total. The second kappa shape index (κ2) is 12.7. The fraction of sp³-hybridized carbons (Fsp3) is 0.462. The van der Waals surface area contributed by atoms with Crippen LogP contribution in [-0.2, 0) is 4.79 Å². The molecule has 0 aliphatic rings. The van der Waals surface area contributed by atoms with Gasteiger partial charge < -0.3 is 20.7 Å². The molecule has 2 rings (SSSR count). The van der Waals surface area contributed by atoms with E-state index in [0.29, 0.717) is 5.56 Å². The van der Waals surface area contributed by atoms with Gasteiger partial charge in [0.25, 0.3) is 5.91 Å². The number of ether oxygens (including phenoxy) is 1. The van der Waals surface area contributed by atoms with E-state index < -0.39 is 0 Å². The number of nitrogens with one attached hydrogen (secondary N) is 3. The van der Waals surface area contributed by atoms with Gasteiger partial charge in [0.05, 0.1) is 13.2 Å². The number of hydrogen-bond donors (Lipinski definition) is 3. The van der Waals surface area contributed by atoms with Crippen LogP contribution in [0.1, 0.15) is 70.2 Å². The third-order valence-electron chi connectivity index (χ3n) is 4.74. The van der Waals surface area contributed by atoms with E-state index in [1.807, 2.05) is 45.0 Å². The molecule has 0 saturated heterocycles. The van der Waals surface area contributed by atoms with E-state index >= 15 is 0 Å². The highest BCUT2D eigenvalue weighted by Crippen LogP contribution is 2.17. The van der Waals surface area contributed by atoms with Crippen molar-refractivity contribution >= 4 is 23.2 Å². The third kappa shape index (κ3) is 9.86. The molecule has 0 bridgehead atoms. The largest absolute Gasteiger partial charge is 0.494 e. The highest BCUT2D eigenvalue weighted by molar-refractivity contribution is 5.95. The second-order valence-electron chi connectivity index (χ2n) is 8.97. The van der Waals surface area contributed by atoms with E-state index in [1.165, 1.54) is 25.7 Å². The van der Waals surface area contributed by atoms with Crippen LogP contribution < -0.4 is 20.7 Å². The Kier molecular flexibility index (Phi) is 10.1. The van der Waals surface area contributed by atoms with E-state index in [9.17, 15) is 9.59 Å². The summed E-state index contributed by atoms with van der Waals surface area (Å²) in [5, 5.41) is 8.86. The molecule has 0 radical (unpaired) electrons. The summed E-state index contributed by atoms with van der Waals surface area (Å²) in [6.07, 6.45) is 6.04. The quantitative estimate of drug-likeness (QED) is 0.375. The fourth-order valence-electron chi connectivity index (χ4n) is 3.07. The summed E-state index contributed by atoms with van der Waals surface area (Å²) in [6.45, 7) is 8.88. The maximum Gasteiger partial charge on any atom is 0.251 e. The van der Waals surface area contributed by atoms with Crippen LogP contribution in [0.5, 0.6) is 5.75 Å². The Morgan fingerprint density at radius 1 is 0.844 bits per heavy atom. The number of rotatable bonds is 12. The van der Waals surface area contributed by atoms with Crippen molar-refractivity contribution in [3.05, 3.63) is 54.1 Å². The lowest BCUT2D eigenvalue weighted by Crippen LogP contribution is -2.40. The first-order valence-electron chi connectivity index (χ1n) is 11.5. The average molecular weight is 440 g/mol. The molecule has 0 spiro atoms. The minimum atomic E-state index is -0.287. The Hall–Kier alpha value is -3.02. The van der Waals surface area contributed by atoms with Gasteiger partial charge in [-0.25, -0.2) is 0 Å². The van der Waals surface area contributed by atoms with Crippen molar-refractivity contribution in [2.45, 2.75) is 65.3 Å². The van der Waals surface area contributed by atoms with Crippen LogP contribution in [0.4, 0.5) is 11.4 Å². The Morgan fingerprint density at radius 2 is 1.47 bits per heavy atom. The monoisotopic (exact) mass is 439 g/mol. The highest BCUT2D eigenvalue weighted by Gasteiger charge is 2.15. The van der Waals surface area contributed by atoms with Crippen molar-refractivity contribution in [3.63, 3.8) is 0 Å². The molecule has 0 atom stereocenters. The summed E-state index contributed by atoms with van der Waals surface area (Å²) in [4.78, 5) is 24.4. The summed E-state index contributed by atoms with van der Waals surface area (Å²) in [7, 11) is 0. The Morgan fingerprint density at radius 3 is 2.09 bits per heavy atom. The number of carbonyl (C=O) groups is 2. The van der Waals surface area contributed by atoms with Gasteiger partial charge in [-0.2, -0.15) is 0 Å². The number of hydrogen-bond acceptors (Lipinski definition) is 4. The van der Waals surface area contributed by atoms with E-state index in [4.69, 9.17) is 4.74 Å². The molecule has 0 heterocycles. The molecule has 174 valence electrons. The molecule has 0 saturated carbocycles. The maximum absolute atomic E-state index is 12.2. The number of benzene rings is 2. The molecule has 2 aromatic rings. The third-order valence-corrected chi connectivity index (χ3v) is 4.74. The van der Waals surface area contributed by atoms with Crippen molar-refractivity contribution in [2.75, 3.05) is 23.8 Å². The first kappa shape index (κ1) is 25.2. The van der Waals surface area contributed by atoms with Crippen molar-refractivity contribution < 1.29 is 14.3 Å². The summed E-state index contributed by atoms with van der Waals surface area (Å²) in [5.41, 5.74) is 1.79. The van der Waals surface area contributed by atoms with Gasteiger partial charge in [-0.15, -0.1) is 0 Å². The van der Waals surface area contributed by atoms with E-state index in [0.717, 1.165) is 30.2 Å². The van der Waals surface area contributed by atoms with Crippen LogP contribution in [0.2, 0.25) is 0 Å². The molecular weight excluding hydrogens is 402 g/mol. The number of anilines is 2. The van der Waals surface area contributed by atoms with Crippen molar-refractivity contribution in [1.29, 1.82) is 0 Å². The van der Waals surface area contributed by atoms with Crippen LogP contribution in [0.3, 0.4) is 0 Å². The number of carbonyl (C=O) groups excluding carboxylic acids is 2. The van der Waals surface area contributed by atoms with Gasteiger partial charge in [0.2, 0.25) is 5.91 Å². The SMILES string of the molecule is CCCCCCCOc1ccc(NC(=O)CNc2ccc(C(=O)NC(C)(C)C)cc2)cc1. The number of unbranched alkanes of at least 4 members (excludes halogenated alkanes) is 4. The smallest absolute Gasteiger partial charge is 0.251 e. The standard InChI is InChI=1S/C26H37N3O3/c1-5-6-7-8-9-18-32-23-16-14-22(15-17-23)28-24(30)19-27-21-12-10-20(11-13-21)25(31)29-26(2,3)4/h10-17,27H,5-9,18-19H2,1-4H3,(H,28,30)(H,29,31). The Bertz CT molecular complexity index is 840. The predicted molar refractivity (Wildman–Crippen MR) is 131 cm³/mol. The zero-order valence-electron chi connectivity index (χ0n) is 19.8. The van der Waals surface area contributed by atoms with Crippen molar-refractivity contribution in [3.8, 4) is 5.75 Å². The first-order chi connectivity index (χ1) is 15.3. The van der Waals surface area contributed by atoms with Crippen LogP contribution >= 0.6 is 0 Å². The Labute approximate surface area is 192 Å². The van der Waals surface area contributed by atoms with Crippen LogP contribution in [-0.4, -0.2) is 30.5 Å². The first-order valence-corrected chi connectivity index (χ1v) is 11.5. The molecule has 0 aliphatic heterocycles. The lowest BCUT2D eigenvalue weighted by molar-refractivity contribution is -0.114. The molecule has 0 aromatic heterocycles. The molecule has 6 heteroatoms. The normalized spacial score (nSPS) is 11.0. The molecule has 0 aliphatic carbocycles. The van der Waals surface area contributed by atoms with E-state index in [-0.39, 0.29) is 23.9 Å². The highest BCUT2D eigenvalue weighted by atomic mass is 16.5. The van der Waals surface area contributed by atoms with Crippen LogP contribution in [0.15, 0.2) is 48.5 Å². The van der Waals surface area contributed by atoms with Gasteiger partial charge in [0.1, 0.15) is 5.75 Å². The number of amides is 2. The van der Waals surface area contributed by atoms with Gasteiger partial charge in [0, 0.05) is 22.5 Å². The van der Waals surface area contributed by atoms with Gasteiger partial charge in [-0.1, -0.05) is 32.6 Å². The maximum atomic E-state index is 12.2. The lowest BCUT2D eigenvalue weighted by Gasteiger charge is -2.20. The lowest BCUT2D eigenvalue weighted by atomic mass is 10.1. The molecule has 6 nitrogen and oxygen atoms in total. The molecule has 0 unspecified atom stereocenters. The van der Waals surface area contributed by atoms with E-state index in [1.54, 1.807) is 24.3 Å². The molecule has 2 amide bonds. The average Bonchev–Trinajstić information content (AvgIpc) is 2.75. The van der Waals surface area contributed by atoms with Gasteiger partial charge >= 0.3 is 0 Å². The topological polar surface area (TPSA) is 79.5 Å². The van der Waals surface area contributed by atoms with Crippen LogP contribution in [0, 0.1) is 0 Å². The zero-order valence-corrected chi connectivity index (χ0v) is 19.8. The fourth-order valence-corrected chi connectivity index (χ4v) is 3.07. The van der Waals surface area contributed by atoms with Gasteiger partial charge in [-0.05, 0) is 75.7 Å². The summed E-state index contributed by atoms with van der Waals surface area (Å²) in [6, 6.07) is 14.5. The minimum absolute atomic E-state index is 0.120. The van der Waals surface area contributed by atoms with Crippen LogP contribution in [0.25, 0.3) is 0 Å². The van der Waals surface area contributed by atoms with Crippen molar-refractivity contribution in [2.24, 2.45) is 0 Å². The zero-order chi connectivity index (χ0) is 23.4. The van der Waals surface area contributed by atoms with Gasteiger partial charge in [0.15, 0.2) is 0 Å². The molecular formula is C26H37N3O3. The second-order valence-corrected chi connectivity index (χ2v) is 8.97. The van der Waals surface area contributed by atoms with E-state index in [2.05, 4.69) is 22.9 Å².